The number of rotatable bonds is 3. The summed E-state index contributed by atoms with van der Waals surface area (Å²) in [5, 5.41) is 0.798. The minimum absolute atomic E-state index is 0.154. The molecular weight excluding hydrogens is 242 g/mol. The number of hydrogen-bond donors (Lipinski definition) is 1. The highest BCUT2D eigenvalue weighted by Gasteiger charge is 2.11. The monoisotopic (exact) mass is 263 g/mol. The van der Waals surface area contributed by atoms with Gasteiger partial charge in [-0.25, -0.2) is 0 Å². The van der Waals surface area contributed by atoms with Crippen LogP contribution in [0.3, 0.4) is 0 Å². The van der Waals surface area contributed by atoms with E-state index in [1.165, 1.54) is 49.7 Å². The first kappa shape index (κ1) is 13.6. The van der Waals surface area contributed by atoms with Crippen LogP contribution >= 0.6 is 11.6 Å². The molecule has 1 aromatic carbocycles. The van der Waals surface area contributed by atoms with Crippen LogP contribution < -0.4 is 5.73 Å². The van der Waals surface area contributed by atoms with Crippen molar-refractivity contribution in [2.24, 2.45) is 5.73 Å². The number of halogens is 1. The Labute approximate surface area is 115 Å². The highest BCUT2D eigenvalue weighted by molar-refractivity contribution is 6.30. The van der Waals surface area contributed by atoms with Crippen molar-refractivity contribution in [3.05, 3.63) is 46.5 Å². The van der Waals surface area contributed by atoms with Gasteiger partial charge in [-0.3, -0.25) is 0 Å². The Morgan fingerprint density at radius 1 is 1.17 bits per heavy atom. The Morgan fingerprint density at radius 2 is 2.00 bits per heavy atom. The molecule has 0 aliphatic heterocycles. The van der Waals surface area contributed by atoms with Gasteiger partial charge in [-0.15, -0.1) is 0 Å². The second kappa shape index (κ2) is 6.96. The smallest absolute Gasteiger partial charge is 0.0408 e. The first-order valence-corrected chi connectivity index (χ1v) is 7.32. The van der Waals surface area contributed by atoms with E-state index < -0.39 is 0 Å². The molecule has 0 saturated heterocycles. The van der Waals surface area contributed by atoms with E-state index in [4.69, 9.17) is 17.3 Å². The van der Waals surface area contributed by atoms with Crippen LogP contribution in [0.5, 0.6) is 0 Å². The van der Waals surface area contributed by atoms with E-state index in [-0.39, 0.29) is 6.04 Å². The Balaban J connectivity index is 1.99. The third-order valence-corrected chi connectivity index (χ3v) is 3.88. The van der Waals surface area contributed by atoms with Crippen molar-refractivity contribution in [1.29, 1.82) is 0 Å². The molecule has 0 spiro atoms. The van der Waals surface area contributed by atoms with Crippen LogP contribution in [-0.2, 0) is 6.42 Å². The van der Waals surface area contributed by atoms with Crippen molar-refractivity contribution >= 4 is 11.6 Å². The summed E-state index contributed by atoms with van der Waals surface area (Å²) in [6.07, 6.45) is 10.9. The Kier molecular flexibility index (Phi) is 5.27. The van der Waals surface area contributed by atoms with Gasteiger partial charge in [0.1, 0.15) is 0 Å². The van der Waals surface area contributed by atoms with Crippen LogP contribution in [-0.4, -0.2) is 6.04 Å². The summed E-state index contributed by atoms with van der Waals surface area (Å²) in [7, 11) is 0. The number of hydrogen-bond acceptors (Lipinski definition) is 1. The van der Waals surface area contributed by atoms with Crippen molar-refractivity contribution < 1.29 is 0 Å². The molecule has 0 fully saturated rings. The third kappa shape index (κ3) is 4.15. The first-order valence-electron chi connectivity index (χ1n) is 6.94. The lowest BCUT2D eigenvalue weighted by Crippen LogP contribution is -2.25. The van der Waals surface area contributed by atoms with Crippen molar-refractivity contribution in [3.8, 4) is 0 Å². The molecule has 0 saturated carbocycles. The predicted molar refractivity (Wildman–Crippen MR) is 78.9 cm³/mol. The molecule has 1 atom stereocenters. The molecule has 2 rings (SSSR count). The Hall–Kier alpha value is -0.790. The summed E-state index contributed by atoms with van der Waals surface area (Å²) in [5.41, 5.74) is 9.01. The molecule has 1 aliphatic carbocycles. The van der Waals surface area contributed by atoms with Gasteiger partial charge in [-0.05, 0) is 49.8 Å². The lowest BCUT2D eigenvalue weighted by molar-refractivity contribution is 0.594. The van der Waals surface area contributed by atoms with Gasteiger partial charge in [0.25, 0.3) is 0 Å². The van der Waals surface area contributed by atoms with Crippen LogP contribution in [0.2, 0.25) is 5.02 Å². The Bertz CT molecular complexity index is 411. The zero-order valence-corrected chi connectivity index (χ0v) is 11.6. The van der Waals surface area contributed by atoms with E-state index in [2.05, 4.69) is 12.1 Å². The van der Waals surface area contributed by atoms with E-state index in [1.54, 1.807) is 0 Å². The molecular formula is C16H22ClN. The Morgan fingerprint density at radius 3 is 2.83 bits per heavy atom. The lowest BCUT2D eigenvalue weighted by Gasteiger charge is -2.18. The van der Waals surface area contributed by atoms with E-state index in [0.717, 1.165) is 11.4 Å². The fraction of sp³-hybridized carbons (Fsp3) is 0.500. The van der Waals surface area contributed by atoms with Gasteiger partial charge in [0.05, 0.1) is 0 Å². The molecule has 1 nitrogen and oxygen atoms in total. The van der Waals surface area contributed by atoms with Crippen molar-refractivity contribution in [3.63, 3.8) is 0 Å². The predicted octanol–water partition coefficient (Wildman–Crippen LogP) is 4.49. The maximum atomic E-state index is 6.34. The van der Waals surface area contributed by atoms with Crippen LogP contribution in [0.4, 0.5) is 0 Å². The molecule has 0 heterocycles. The SMILES string of the molecule is NC(Cc1cccc(Cl)c1)/C1=C/CCCCCC1. The quantitative estimate of drug-likeness (QED) is 0.799. The molecule has 1 aromatic rings. The maximum Gasteiger partial charge on any atom is 0.0408 e. The van der Waals surface area contributed by atoms with Gasteiger partial charge >= 0.3 is 0 Å². The van der Waals surface area contributed by atoms with Gasteiger partial charge in [-0.1, -0.05) is 48.2 Å². The summed E-state index contributed by atoms with van der Waals surface area (Å²) < 4.78 is 0. The summed E-state index contributed by atoms with van der Waals surface area (Å²) in [6, 6.07) is 8.18. The molecule has 2 heteroatoms. The zero-order chi connectivity index (χ0) is 12.8. The van der Waals surface area contributed by atoms with Crippen molar-refractivity contribution in [2.45, 2.75) is 51.0 Å². The molecule has 0 bridgehead atoms. The van der Waals surface area contributed by atoms with Gasteiger partial charge in [0.2, 0.25) is 0 Å². The third-order valence-electron chi connectivity index (χ3n) is 3.65. The molecule has 1 unspecified atom stereocenters. The number of allylic oxidation sites excluding steroid dienone is 1. The second-order valence-electron chi connectivity index (χ2n) is 5.17. The van der Waals surface area contributed by atoms with Crippen LogP contribution in [0, 0.1) is 0 Å². The average molecular weight is 264 g/mol. The van der Waals surface area contributed by atoms with E-state index >= 15 is 0 Å². The highest BCUT2D eigenvalue weighted by Crippen LogP contribution is 2.21. The summed E-state index contributed by atoms with van der Waals surface area (Å²) in [4.78, 5) is 0. The highest BCUT2D eigenvalue weighted by atomic mass is 35.5. The molecule has 0 amide bonds. The van der Waals surface area contributed by atoms with Gasteiger partial charge < -0.3 is 5.73 Å². The number of nitrogens with two attached hydrogens (primary N) is 1. The van der Waals surface area contributed by atoms with Gasteiger partial charge in [0.15, 0.2) is 0 Å². The minimum atomic E-state index is 0.154. The summed E-state index contributed by atoms with van der Waals surface area (Å²) >= 11 is 6.01. The minimum Gasteiger partial charge on any atom is -0.324 e. The van der Waals surface area contributed by atoms with Gasteiger partial charge in [-0.2, -0.15) is 0 Å². The van der Waals surface area contributed by atoms with Crippen LogP contribution in [0.1, 0.15) is 44.1 Å². The molecule has 98 valence electrons. The number of benzene rings is 1. The van der Waals surface area contributed by atoms with Crippen LogP contribution in [0.25, 0.3) is 0 Å². The summed E-state index contributed by atoms with van der Waals surface area (Å²) in [6.45, 7) is 0. The van der Waals surface area contributed by atoms with E-state index in [1.807, 2.05) is 18.2 Å². The van der Waals surface area contributed by atoms with Gasteiger partial charge in [0, 0.05) is 11.1 Å². The first-order chi connectivity index (χ1) is 8.75. The maximum absolute atomic E-state index is 6.34. The molecule has 0 radical (unpaired) electrons. The fourth-order valence-electron chi connectivity index (χ4n) is 2.60. The average Bonchev–Trinajstić information content (AvgIpc) is 2.28. The largest absolute Gasteiger partial charge is 0.324 e. The normalized spacial score (nSPS) is 21.6. The molecule has 2 N–H and O–H groups in total. The van der Waals surface area contributed by atoms with Crippen molar-refractivity contribution in [1.82, 2.24) is 0 Å². The van der Waals surface area contributed by atoms with E-state index in [0.29, 0.717) is 0 Å². The fourth-order valence-corrected chi connectivity index (χ4v) is 2.82. The molecule has 0 aromatic heterocycles. The molecule has 1 aliphatic rings. The van der Waals surface area contributed by atoms with Crippen LogP contribution in [0.15, 0.2) is 35.9 Å². The van der Waals surface area contributed by atoms with Crippen molar-refractivity contribution in [2.75, 3.05) is 0 Å². The standard InChI is InChI=1S/C16H22ClN/c17-15-10-6-7-13(11-15)12-16(18)14-8-4-2-1-3-5-9-14/h6-8,10-11,16H,1-5,9,12,18H2/b14-8+. The van der Waals surface area contributed by atoms with E-state index in [9.17, 15) is 0 Å². The molecule has 18 heavy (non-hydrogen) atoms. The zero-order valence-electron chi connectivity index (χ0n) is 10.9. The second-order valence-corrected chi connectivity index (χ2v) is 5.61. The summed E-state index contributed by atoms with van der Waals surface area (Å²) in [5.74, 6) is 0. The topological polar surface area (TPSA) is 26.0 Å². The lowest BCUT2D eigenvalue weighted by atomic mass is 9.92.